The van der Waals surface area contributed by atoms with Crippen molar-refractivity contribution in [3.63, 3.8) is 0 Å². The zero-order chi connectivity index (χ0) is 8.39. The van der Waals surface area contributed by atoms with Gasteiger partial charge in [0.2, 0.25) is 0 Å². The van der Waals surface area contributed by atoms with Crippen LogP contribution in [0.5, 0.6) is 0 Å². The first-order valence-electron chi connectivity index (χ1n) is 3.70. The van der Waals surface area contributed by atoms with Crippen LogP contribution >= 0.6 is 11.5 Å². The summed E-state index contributed by atoms with van der Waals surface area (Å²) in [5.41, 5.74) is 2.46. The van der Waals surface area contributed by atoms with Gasteiger partial charge in [-0.3, -0.25) is 0 Å². The van der Waals surface area contributed by atoms with Crippen LogP contribution in [0.3, 0.4) is 0 Å². The third-order valence-corrected chi connectivity index (χ3v) is 2.38. The van der Waals surface area contributed by atoms with Crippen molar-refractivity contribution in [3.05, 3.63) is 36.0 Å². The molecule has 1 aromatic carbocycles. The second-order valence-corrected chi connectivity index (χ2v) is 3.44. The van der Waals surface area contributed by atoms with E-state index in [1.807, 2.05) is 6.07 Å². The lowest BCUT2D eigenvalue weighted by molar-refractivity contribution is 1.16. The molecule has 12 heavy (non-hydrogen) atoms. The Morgan fingerprint density at radius 2 is 2.25 bits per heavy atom. The van der Waals surface area contributed by atoms with Crippen molar-refractivity contribution in [1.29, 1.82) is 0 Å². The molecular formula is C9H8N2S. The van der Waals surface area contributed by atoms with E-state index in [1.165, 1.54) is 22.7 Å². The van der Waals surface area contributed by atoms with Gasteiger partial charge in [-0.1, -0.05) is 34.3 Å². The smallest absolute Gasteiger partial charge is 0.0753 e. The van der Waals surface area contributed by atoms with Gasteiger partial charge in [0.25, 0.3) is 0 Å². The average molecular weight is 176 g/mol. The SMILES string of the molecule is Cc1cccc(-c2cnns2)c1. The van der Waals surface area contributed by atoms with Crippen LogP contribution in [0.15, 0.2) is 30.5 Å². The summed E-state index contributed by atoms with van der Waals surface area (Å²) in [6.45, 7) is 2.08. The molecule has 0 saturated carbocycles. The van der Waals surface area contributed by atoms with E-state index in [1.54, 1.807) is 6.20 Å². The van der Waals surface area contributed by atoms with Gasteiger partial charge in [0.05, 0.1) is 11.1 Å². The van der Waals surface area contributed by atoms with Crippen molar-refractivity contribution in [2.75, 3.05) is 0 Å². The first-order valence-corrected chi connectivity index (χ1v) is 4.48. The van der Waals surface area contributed by atoms with Gasteiger partial charge in [-0.25, -0.2) is 0 Å². The van der Waals surface area contributed by atoms with E-state index in [0.717, 1.165) is 4.88 Å². The van der Waals surface area contributed by atoms with E-state index in [-0.39, 0.29) is 0 Å². The summed E-state index contributed by atoms with van der Waals surface area (Å²) in [4.78, 5) is 1.12. The zero-order valence-electron chi connectivity index (χ0n) is 6.69. The van der Waals surface area contributed by atoms with Crippen molar-refractivity contribution in [2.45, 2.75) is 6.92 Å². The molecule has 60 valence electrons. The van der Waals surface area contributed by atoms with E-state index in [0.29, 0.717) is 0 Å². The summed E-state index contributed by atoms with van der Waals surface area (Å²) in [7, 11) is 0. The molecule has 0 bridgehead atoms. The van der Waals surface area contributed by atoms with Crippen molar-refractivity contribution in [2.24, 2.45) is 0 Å². The number of hydrogen-bond acceptors (Lipinski definition) is 3. The fourth-order valence-corrected chi connectivity index (χ4v) is 1.60. The highest BCUT2D eigenvalue weighted by Gasteiger charge is 1.98. The van der Waals surface area contributed by atoms with Crippen molar-refractivity contribution in [1.82, 2.24) is 9.59 Å². The average Bonchev–Trinajstić information content (AvgIpc) is 2.56. The number of benzene rings is 1. The van der Waals surface area contributed by atoms with Crippen LogP contribution in [0.2, 0.25) is 0 Å². The quantitative estimate of drug-likeness (QED) is 0.667. The number of aromatic nitrogens is 2. The first kappa shape index (κ1) is 7.43. The zero-order valence-corrected chi connectivity index (χ0v) is 7.51. The summed E-state index contributed by atoms with van der Waals surface area (Å²) in [5.74, 6) is 0. The highest BCUT2D eigenvalue weighted by molar-refractivity contribution is 7.09. The van der Waals surface area contributed by atoms with E-state index in [9.17, 15) is 0 Å². The highest BCUT2D eigenvalue weighted by atomic mass is 32.1. The summed E-state index contributed by atoms with van der Waals surface area (Å²) < 4.78 is 3.82. The molecule has 1 aromatic heterocycles. The lowest BCUT2D eigenvalue weighted by Gasteiger charge is -1.95. The van der Waals surface area contributed by atoms with Crippen molar-refractivity contribution >= 4 is 11.5 Å². The molecule has 0 fully saturated rings. The predicted molar refractivity (Wildman–Crippen MR) is 50.1 cm³/mol. The van der Waals surface area contributed by atoms with Crippen molar-refractivity contribution in [3.8, 4) is 10.4 Å². The second-order valence-electron chi connectivity index (χ2n) is 2.65. The maximum Gasteiger partial charge on any atom is 0.0753 e. The molecular weight excluding hydrogens is 168 g/mol. The Bertz CT molecular complexity index is 368. The van der Waals surface area contributed by atoms with E-state index >= 15 is 0 Å². The van der Waals surface area contributed by atoms with Gasteiger partial charge < -0.3 is 0 Å². The number of rotatable bonds is 1. The fourth-order valence-electron chi connectivity index (χ4n) is 1.09. The Morgan fingerprint density at radius 1 is 1.33 bits per heavy atom. The topological polar surface area (TPSA) is 25.8 Å². The molecule has 0 atom stereocenters. The molecule has 1 heterocycles. The number of hydrogen-bond donors (Lipinski definition) is 0. The first-order chi connectivity index (χ1) is 5.86. The minimum absolute atomic E-state index is 1.12. The van der Waals surface area contributed by atoms with Gasteiger partial charge in [-0.15, -0.1) is 5.10 Å². The molecule has 0 saturated heterocycles. The van der Waals surface area contributed by atoms with Crippen LogP contribution in [-0.4, -0.2) is 9.59 Å². The molecule has 2 aromatic rings. The van der Waals surface area contributed by atoms with Gasteiger partial charge in [0.1, 0.15) is 0 Å². The molecule has 0 amide bonds. The second kappa shape index (κ2) is 3.03. The van der Waals surface area contributed by atoms with Gasteiger partial charge in [0, 0.05) is 0 Å². The standard InChI is InChI=1S/C9H8N2S/c1-7-3-2-4-8(5-7)9-6-10-11-12-9/h2-6H,1H3. The normalized spacial score (nSPS) is 10.1. The minimum atomic E-state index is 1.12. The Balaban J connectivity index is 2.48. The van der Waals surface area contributed by atoms with Gasteiger partial charge in [-0.05, 0) is 24.0 Å². The predicted octanol–water partition coefficient (Wildman–Crippen LogP) is 2.51. The molecule has 2 rings (SSSR count). The van der Waals surface area contributed by atoms with Crippen molar-refractivity contribution < 1.29 is 0 Å². The molecule has 0 aliphatic rings. The third-order valence-electron chi connectivity index (χ3n) is 1.66. The van der Waals surface area contributed by atoms with E-state index in [2.05, 4.69) is 34.7 Å². The van der Waals surface area contributed by atoms with Crippen LogP contribution in [0.25, 0.3) is 10.4 Å². The fraction of sp³-hybridized carbons (Fsp3) is 0.111. The molecule has 0 unspecified atom stereocenters. The molecule has 0 N–H and O–H groups in total. The van der Waals surface area contributed by atoms with Crippen LogP contribution < -0.4 is 0 Å². The van der Waals surface area contributed by atoms with Gasteiger partial charge in [0.15, 0.2) is 0 Å². The lowest BCUT2D eigenvalue weighted by atomic mass is 10.1. The summed E-state index contributed by atoms with van der Waals surface area (Å²) >= 11 is 1.42. The lowest BCUT2D eigenvalue weighted by Crippen LogP contribution is -1.73. The molecule has 2 nitrogen and oxygen atoms in total. The summed E-state index contributed by atoms with van der Waals surface area (Å²) in [6.07, 6.45) is 1.79. The van der Waals surface area contributed by atoms with Crippen LogP contribution in [0, 0.1) is 6.92 Å². The number of nitrogens with zero attached hydrogens (tertiary/aromatic N) is 2. The van der Waals surface area contributed by atoms with E-state index < -0.39 is 0 Å². The Kier molecular flexibility index (Phi) is 1.87. The van der Waals surface area contributed by atoms with E-state index in [4.69, 9.17) is 0 Å². The van der Waals surface area contributed by atoms with Gasteiger partial charge >= 0.3 is 0 Å². The highest BCUT2D eigenvalue weighted by Crippen LogP contribution is 2.21. The summed E-state index contributed by atoms with van der Waals surface area (Å²) in [6, 6.07) is 8.33. The van der Waals surface area contributed by atoms with Crippen LogP contribution in [0.1, 0.15) is 5.56 Å². The largest absolute Gasteiger partial charge is 0.146 e. The van der Waals surface area contributed by atoms with Gasteiger partial charge in [-0.2, -0.15) is 0 Å². The molecule has 0 aliphatic heterocycles. The Hall–Kier alpha value is -1.22. The molecule has 3 heteroatoms. The van der Waals surface area contributed by atoms with Crippen LogP contribution in [-0.2, 0) is 0 Å². The summed E-state index contributed by atoms with van der Waals surface area (Å²) in [5, 5.41) is 3.80. The third kappa shape index (κ3) is 1.36. The Morgan fingerprint density at radius 3 is 2.92 bits per heavy atom. The number of aryl methyl sites for hydroxylation is 1. The maximum absolute atomic E-state index is 3.82. The molecule has 0 spiro atoms. The monoisotopic (exact) mass is 176 g/mol. The van der Waals surface area contributed by atoms with Crippen LogP contribution in [0.4, 0.5) is 0 Å². The molecule has 0 radical (unpaired) electrons. The maximum atomic E-state index is 3.82. The molecule has 0 aliphatic carbocycles. The minimum Gasteiger partial charge on any atom is -0.146 e. The Labute approximate surface area is 75.0 Å².